The summed E-state index contributed by atoms with van der Waals surface area (Å²) in [6.07, 6.45) is 8.97. The number of fused-ring (bicyclic) bond motifs is 6. The van der Waals surface area contributed by atoms with E-state index in [-0.39, 0.29) is 33.4 Å². The zero-order chi connectivity index (χ0) is 22.1. The van der Waals surface area contributed by atoms with E-state index in [1.165, 1.54) is 24.5 Å². The number of hydrogen-bond acceptors (Lipinski definition) is 6. The van der Waals surface area contributed by atoms with E-state index in [9.17, 15) is 15.0 Å². The normalized spacial score (nSPS) is 17.5. The molecule has 2 aliphatic rings. The molecule has 158 valence electrons. The van der Waals surface area contributed by atoms with Gasteiger partial charge in [0, 0.05) is 11.6 Å². The molecule has 0 spiro atoms. The molecule has 2 N–H and O–H groups in total. The molecule has 0 saturated carbocycles. The summed E-state index contributed by atoms with van der Waals surface area (Å²) in [6.45, 7) is 7.71. The Hall–Kier alpha value is -3.67. The zero-order valence-electron chi connectivity index (χ0n) is 17.6. The zero-order valence-corrected chi connectivity index (χ0v) is 17.6. The first-order chi connectivity index (χ1) is 14.6. The number of phenols is 2. The quantitative estimate of drug-likeness (QED) is 0.562. The van der Waals surface area contributed by atoms with Crippen molar-refractivity contribution in [3.63, 3.8) is 0 Å². The average Bonchev–Trinajstić information content (AvgIpc) is 2.67. The molecule has 0 radical (unpaired) electrons. The summed E-state index contributed by atoms with van der Waals surface area (Å²) in [5.41, 5.74) is 0.648. The maximum absolute atomic E-state index is 13.7. The second-order valence-electron chi connectivity index (χ2n) is 8.95. The van der Waals surface area contributed by atoms with Gasteiger partial charge in [-0.2, -0.15) is 0 Å². The van der Waals surface area contributed by atoms with E-state index >= 15 is 0 Å². The largest absolute Gasteiger partial charge is 0.508 e. The molecule has 0 saturated heterocycles. The van der Waals surface area contributed by atoms with Gasteiger partial charge in [-0.15, -0.1) is 0 Å². The van der Waals surface area contributed by atoms with Crippen molar-refractivity contribution in [3.8, 4) is 34.1 Å². The molecule has 31 heavy (non-hydrogen) atoms. The van der Waals surface area contributed by atoms with E-state index < -0.39 is 11.2 Å². The lowest BCUT2D eigenvalue weighted by molar-refractivity contribution is 0.147. The van der Waals surface area contributed by atoms with Crippen LogP contribution in [0, 0.1) is 0 Å². The fraction of sp³-hybridized carbons (Fsp3) is 0.240. The SMILES string of the molecule is CC1(C)C=Cc2c(c3c(c4c(=O)c(-c5ccc(O)cc5O)coc24)OC(C)(C)C=C3)O1. The first-order valence-corrected chi connectivity index (χ1v) is 10.0. The molecule has 5 rings (SSSR count). The Kier molecular flexibility index (Phi) is 3.84. The number of rotatable bonds is 1. The number of aromatic hydroxyl groups is 2. The van der Waals surface area contributed by atoms with Gasteiger partial charge >= 0.3 is 0 Å². The second kappa shape index (κ2) is 6.17. The van der Waals surface area contributed by atoms with Crippen LogP contribution in [-0.4, -0.2) is 21.4 Å². The van der Waals surface area contributed by atoms with Crippen LogP contribution in [0.2, 0.25) is 0 Å². The summed E-state index contributed by atoms with van der Waals surface area (Å²) in [6, 6.07) is 4.06. The fourth-order valence-electron chi connectivity index (χ4n) is 3.97. The topological polar surface area (TPSA) is 89.1 Å². The third kappa shape index (κ3) is 2.98. The molecule has 3 heterocycles. The Bertz CT molecular complexity index is 1370. The van der Waals surface area contributed by atoms with Crippen molar-refractivity contribution in [1.29, 1.82) is 0 Å². The van der Waals surface area contributed by atoms with Gasteiger partial charge in [-0.25, -0.2) is 0 Å². The molecule has 0 amide bonds. The molecular weight excluding hydrogens is 396 g/mol. The van der Waals surface area contributed by atoms with Crippen molar-refractivity contribution >= 4 is 23.1 Å². The van der Waals surface area contributed by atoms with Crippen LogP contribution in [-0.2, 0) is 0 Å². The highest BCUT2D eigenvalue weighted by Crippen LogP contribution is 2.48. The van der Waals surface area contributed by atoms with Gasteiger partial charge in [-0.3, -0.25) is 4.79 Å². The van der Waals surface area contributed by atoms with Crippen LogP contribution in [0.5, 0.6) is 23.0 Å². The van der Waals surface area contributed by atoms with Crippen molar-refractivity contribution in [2.75, 3.05) is 0 Å². The summed E-state index contributed by atoms with van der Waals surface area (Å²) in [4.78, 5) is 13.7. The second-order valence-corrected chi connectivity index (χ2v) is 8.95. The van der Waals surface area contributed by atoms with E-state index in [0.29, 0.717) is 28.2 Å². The van der Waals surface area contributed by atoms with E-state index in [0.717, 1.165) is 0 Å². The van der Waals surface area contributed by atoms with E-state index in [4.69, 9.17) is 13.9 Å². The molecule has 0 unspecified atom stereocenters. The van der Waals surface area contributed by atoms with Crippen molar-refractivity contribution < 1.29 is 24.1 Å². The van der Waals surface area contributed by atoms with Crippen LogP contribution in [0.25, 0.3) is 34.2 Å². The van der Waals surface area contributed by atoms with Crippen LogP contribution in [0.1, 0.15) is 38.8 Å². The minimum atomic E-state index is -0.628. The summed E-state index contributed by atoms with van der Waals surface area (Å²) < 4.78 is 18.4. The van der Waals surface area contributed by atoms with Crippen LogP contribution < -0.4 is 14.9 Å². The van der Waals surface area contributed by atoms with Gasteiger partial charge in [0.05, 0.1) is 16.7 Å². The van der Waals surface area contributed by atoms with Gasteiger partial charge in [0.1, 0.15) is 45.8 Å². The van der Waals surface area contributed by atoms with Crippen LogP contribution in [0.3, 0.4) is 0 Å². The van der Waals surface area contributed by atoms with Gasteiger partial charge in [0.25, 0.3) is 0 Å². The maximum atomic E-state index is 13.7. The van der Waals surface area contributed by atoms with Gasteiger partial charge in [0.2, 0.25) is 5.43 Å². The lowest BCUT2D eigenvalue weighted by atomic mass is 9.92. The van der Waals surface area contributed by atoms with Crippen LogP contribution in [0.4, 0.5) is 0 Å². The Morgan fingerprint density at radius 2 is 1.48 bits per heavy atom. The number of ether oxygens (including phenoxy) is 2. The van der Waals surface area contributed by atoms with E-state index in [2.05, 4.69) is 0 Å². The molecule has 1 aromatic heterocycles. The van der Waals surface area contributed by atoms with Gasteiger partial charge in [-0.05, 0) is 64.1 Å². The third-order valence-corrected chi connectivity index (χ3v) is 5.50. The van der Waals surface area contributed by atoms with Crippen molar-refractivity contribution in [1.82, 2.24) is 0 Å². The Morgan fingerprint density at radius 1 is 0.839 bits per heavy atom. The highest BCUT2D eigenvalue weighted by molar-refractivity contribution is 6.00. The minimum Gasteiger partial charge on any atom is -0.508 e. The maximum Gasteiger partial charge on any atom is 0.204 e. The third-order valence-electron chi connectivity index (χ3n) is 5.50. The smallest absolute Gasteiger partial charge is 0.204 e. The fourth-order valence-corrected chi connectivity index (χ4v) is 3.97. The lowest BCUT2D eigenvalue weighted by Gasteiger charge is -2.34. The minimum absolute atomic E-state index is 0.0991. The van der Waals surface area contributed by atoms with Gasteiger partial charge in [-0.1, -0.05) is 0 Å². The van der Waals surface area contributed by atoms with Gasteiger partial charge < -0.3 is 24.1 Å². The molecule has 0 fully saturated rings. The van der Waals surface area contributed by atoms with E-state index in [1.807, 2.05) is 52.0 Å². The number of hydrogen-bond donors (Lipinski definition) is 2. The van der Waals surface area contributed by atoms with Crippen LogP contribution in [0.15, 0.2) is 45.8 Å². The van der Waals surface area contributed by atoms with Crippen molar-refractivity contribution in [3.05, 3.63) is 58.0 Å². The van der Waals surface area contributed by atoms with E-state index in [1.54, 1.807) is 0 Å². The van der Waals surface area contributed by atoms with Crippen molar-refractivity contribution in [2.45, 2.75) is 38.9 Å². The average molecular weight is 418 g/mol. The van der Waals surface area contributed by atoms with Crippen molar-refractivity contribution in [2.24, 2.45) is 0 Å². The molecule has 0 bridgehead atoms. The number of phenolic OH excluding ortho intramolecular Hbond substituents is 2. The number of benzene rings is 2. The summed E-state index contributed by atoms with van der Waals surface area (Å²) in [5, 5.41) is 20.2. The first kappa shape index (κ1) is 19.3. The Balaban J connectivity index is 1.89. The molecule has 0 aliphatic carbocycles. The monoisotopic (exact) mass is 418 g/mol. The molecular formula is C25H22O6. The standard InChI is InChI=1S/C25H22O6/c1-24(2)9-7-15-21(30-24)16-8-10-25(3,4)31-23(16)19-20(28)17(12-29-22(15)19)14-6-5-13(26)11-18(14)27/h5-12,26-27H,1-4H3. The molecule has 0 atom stereocenters. The Labute approximate surface area is 178 Å². The molecule has 2 aliphatic heterocycles. The highest BCUT2D eigenvalue weighted by atomic mass is 16.5. The first-order valence-electron chi connectivity index (χ1n) is 10.0. The summed E-state index contributed by atoms with van der Waals surface area (Å²) in [5.74, 6) is 0.675. The summed E-state index contributed by atoms with van der Waals surface area (Å²) in [7, 11) is 0. The predicted octanol–water partition coefficient (Wildman–Crippen LogP) is 5.24. The molecule has 3 aromatic rings. The molecule has 6 heteroatoms. The molecule has 6 nitrogen and oxygen atoms in total. The molecule has 2 aromatic carbocycles. The van der Waals surface area contributed by atoms with Crippen LogP contribution >= 0.6 is 0 Å². The Morgan fingerprint density at radius 3 is 2.16 bits per heavy atom. The van der Waals surface area contributed by atoms with Gasteiger partial charge in [0.15, 0.2) is 5.58 Å². The predicted molar refractivity (Wildman–Crippen MR) is 119 cm³/mol. The summed E-state index contributed by atoms with van der Waals surface area (Å²) >= 11 is 0. The highest BCUT2D eigenvalue weighted by Gasteiger charge is 2.34. The lowest BCUT2D eigenvalue weighted by Crippen LogP contribution is -2.31.